The molecule has 1 atom stereocenters. The molecule has 0 unspecified atom stereocenters. The van der Waals surface area contributed by atoms with E-state index in [0.717, 1.165) is 22.6 Å². The van der Waals surface area contributed by atoms with Crippen molar-refractivity contribution in [1.29, 1.82) is 0 Å². The molecule has 2 heterocycles. The third kappa shape index (κ3) is 4.98. The molecule has 0 saturated carbocycles. The van der Waals surface area contributed by atoms with E-state index in [4.69, 9.17) is 4.74 Å². The molecule has 1 saturated heterocycles. The number of amides is 1. The highest BCUT2D eigenvalue weighted by Crippen LogP contribution is 2.31. The van der Waals surface area contributed by atoms with Gasteiger partial charge in [-0.3, -0.25) is 4.79 Å². The van der Waals surface area contributed by atoms with E-state index >= 15 is 0 Å². The lowest BCUT2D eigenvalue weighted by molar-refractivity contribution is -0.115. The Hall–Kier alpha value is -2.35. The number of ether oxygens (including phenoxy) is 1. The standard InChI is InChI=1S/C21H29N3O4S/c1-14-6-7-15(10-17(14)28-5)11-20(25)22-19-12-18(21(2,3)4)23-24(19)16-8-9-29(26,27)13-16/h6-7,10,12,16H,8-9,11,13H2,1-5H3,(H,22,25)/t16-/m1/s1. The number of aromatic nitrogens is 2. The summed E-state index contributed by atoms with van der Waals surface area (Å²) in [6, 6.07) is 7.27. The molecule has 1 aliphatic heterocycles. The molecule has 0 radical (unpaired) electrons. The van der Waals surface area contributed by atoms with E-state index in [9.17, 15) is 13.2 Å². The van der Waals surface area contributed by atoms with Gasteiger partial charge in [-0.15, -0.1) is 0 Å². The van der Waals surface area contributed by atoms with Gasteiger partial charge < -0.3 is 10.1 Å². The average Bonchev–Trinajstić information content (AvgIpc) is 3.19. The van der Waals surface area contributed by atoms with Crippen LogP contribution >= 0.6 is 0 Å². The number of carbonyl (C=O) groups is 1. The number of rotatable bonds is 5. The molecule has 0 bridgehead atoms. The lowest BCUT2D eigenvalue weighted by Crippen LogP contribution is -2.21. The molecule has 8 heteroatoms. The molecule has 1 fully saturated rings. The smallest absolute Gasteiger partial charge is 0.229 e. The second-order valence-corrected chi connectivity index (χ2v) is 10.9. The quantitative estimate of drug-likeness (QED) is 0.804. The number of nitrogens with one attached hydrogen (secondary N) is 1. The van der Waals surface area contributed by atoms with Gasteiger partial charge in [-0.2, -0.15) is 5.10 Å². The summed E-state index contributed by atoms with van der Waals surface area (Å²) in [5.41, 5.74) is 2.45. The van der Waals surface area contributed by atoms with E-state index < -0.39 is 9.84 Å². The number of hydrogen-bond acceptors (Lipinski definition) is 5. The second kappa shape index (κ2) is 7.82. The summed E-state index contributed by atoms with van der Waals surface area (Å²) in [6.07, 6.45) is 0.696. The van der Waals surface area contributed by atoms with Crippen molar-refractivity contribution in [2.45, 2.75) is 52.0 Å². The van der Waals surface area contributed by atoms with Gasteiger partial charge in [0.05, 0.1) is 36.8 Å². The van der Waals surface area contributed by atoms with Gasteiger partial charge in [0.15, 0.2) is 9.84 Å². The minimum Gasteiger partial charge on any atom is -0.496 e. The Labute approximate surface area is 172 Å². The summed E-state index contributed by atoms with van der Waals surface area (Å²) in [6.45, 7) is 8.06. The molecule has 2 aromatic rings. The zero-order valence-electron chi connectivity index (χ0n) is 17.7. The van der Waals surface area contributed by atoms with E-state index in [1.807, 2.05) is 52.0 Å². The second-order valence-electron chi connectivity index (χ2n) is 8.70. The predicted octanol–water partition coefficient (Wildman–Crippen LogP) is 3.04. The molecule has 1 aromatic carbocycles. The number of methoxy groups -OCH3 is 1. The van der Waals surface area contributed by atoms with Crippen molar-refractivity contribution in [3.8, 4) is 5.75 Å². The molecule has 158 valence electrons. The summed E-state index contributed by atoms with van der Waals surface area (Å²) in [5.74, 6) is 1.31. The first kappa shape index (κ1) is 21.4. The Morgan fingerprint density at radius 1 is 1.31 bits per heavy atom. The van der Waals surface area contributed by atoms with Crippen LogP contribution in [-0.2, 0) is 26.5 Å². The maximum atomic E-state index is 12.7. The Morgan fingerprint density at radius 3 is 2.62 bits per heavy atom. The van der Waals surface area contributed by atoms with Crippen LogP contribution in [-0.4, -0.2) is 42.7 Å². The van der Waals surface area contributed by atoms with Crippen LogP contribution in [0.3, 0.4) is 0 Å². The monoisotopic (exact) mass is 419 g/mol. The highest BCUT2D eigenvalue weighted by atomic mass is 32.2. The zero-order valence-corrected chi connectivity index (χ0v) is 18.5. The normalized spacial score (nSPS) is 18.6. The first-order valence-corrected chi connectivity index (χ1v) is 11.5. The van der Waals surface area contributed by atoms with Crippen molar-refractivity contribution in [3.05, 3.63) is 41.1 Å². The first-order chi connectivity index (χ1) is 13.5. The summed E-state index contributed by atoms with van der Waals surface area (Å²) < 4.78 is 30.9. The topological polar surface area (TPSA) is 90.3 Å². The number of hydrogen-bond donors (Lipinski definition) is 1. The third-order valence-electron chi connectivity index (χ3n) is 5.16. The number of sulfone groups is 1. The van der Waals surface area contributed by atoms with Gasteiger partial charge in [-0.1, -0.05) is 32.9 Å². The van der Waals surface area contributed by atoms with Crippen molar-refractivity contribution in [2.24, 2.45) is 0 Å². The number of aryl methyl sites for hydroxylation is 1. The average molecular weight is 420 g/mol. The van der Waals surface area contributed by atoms with E-state index in [2.05, 4.69) is 10.4 Å². The summed E-state index contributed by atoms with van der Waals surface area (Å²) in [7, 11) is -1.46. The SMILES string of the molecule is COc1cc(CC(=O)Nc2cc(C(C)(C)C)nn2[C@@H]2CCS(=O)(=O)C2)ccc1C. The van der Waals surface area contributed by atoms with Gasteiger partial charge in [0.1, 0.15) is 11.6 Å². The van der Waals surface area contributed by atoms with Gasteiger partial charge in [-0.25, -0.2) is 13.1 Å². The summed E-state index contributed by atoms with van der Waals surface area (Å²) in [4.78, 5) is 12.7. The number of carbonyl (C=O) groups excluding carboxylic acids is 1. The molecule has 0 spiro atoms. The minimum atomic E-state index is -3.06. The van der Waals surface area contributed by atoms with Gasteiger partial charge in [0.2, 0.25) is 5.91 Å². The fourth-order valence-corrected chi connectivity index (χ4v) is 5.14. The molecule has 0 aliphatic carbocycles. The van der Waals surface area contributed by atoms with E-state index in [-0.39, 0.29) is 35.3 Å². The van der Waals surface area contributed by atoms with Crippen LogP contribution < -0.4 is 10.1 Å². The number of anilines is 1. The fourth-order valence-electron chi connectivity index (χ4n) is 3.45. The van der Waals surface area contributed by atoms with Crippen LogP contribution in [0.5, 0.6) is 5.75 Å². The third-order valence-corrected chi connectivity index (χ3v) is 6.91. The number of nitrogens with zero attached hydrogens (tertiary/aromatic N) is 2. The predicted molar refractivity (Wildman–Crippen MR) is 113 cm³/mol. The van der Waals surface area contributed by atoms with Crippen LogP contribution in [0.4, 0.5) is 5.82 Å². The van der Waals surface area contributed by atoms with E-state index in [1.165, 1.54) is 0 Å². The minimum absolute atomic E-state index is 0.0519. The van der Waals surface area contributed by atoms with Gasteiger partial charge >= 0.3 is 0 Å². The van der Waals surface area contributed by atoms with Crippen molar-refractivity contribution in [2.75, 3.05) is 23.9 Å². The summed E-state index contributed by atoms with van der Waals surface area (Å²) >= 11 is 0. The molecule has 3 rings (SSSR count). The first-order valence-electron chi connectivity index (χ1n) is 9.72. The van der Waals surface area contributed by atoms with Gasteiger partial charge in [0, 0.05) is 11.5 Å². The largest absolute Gasteiger partial charge is 0.496 e. The van der Waals surface area contributed by atoms with Crippen LogP contribution in [0.15, 0.2) is 24.3 Å². The Kier molecular flexibility index (Phi) is 5.76. The van der Waals surface area contributed by atoms with Crippen molar-refractivity contribution in [1.82, 2.24) is 9.78 Å². The zero-order chi connectivity index (χ0) is 21.4. The lowest BCUT2D eigenvalue weighted by atomic mass is 9.92. The van der Waals surface area contributed by atoms with Gasteiger partial charge in [0.25, 0.3) is 0 Å². The highest BCUT2D eigenvalue weighted by molar-refractivity contribution is 7.91. The molecular weight excluding hydrogens is 390 g/mol. The van der Waals surface area contributed by atoms with E-state index in [1.54, 1.807) is 11.8 Å². The van der Waals surface area contributed by atoms with Crippen molar-refractivity contribution >= 4 is 21.6 Å². The Morgan fingerprint density at radius 2 is 2.03 bits per heavy atom. The molecular formula is C21H29N3O4S. The molecule has 1 aromatic heterocycles. The maximum absolute atomic E-state index is 12.7. The van der Waals surface area contributed by atoms with Crippen LogP contribution in [0.25, 0.3) is 0 Å². The van der Waals surface area contributed by atoms with Crippen LogP contribution in [0.1, 0.15) is 50.1 Å². The Balaban J connectivity index is 1.83. The molecule has 1 amide bonds. The van der Waals surface area contributed by atoms with Gasteiger partial charge in [-0.05, 0) is 30.5 Å². The molecule has 1 aliphatic rings. The maximum Gasteiger partial charge on any atom is 0.229 e. The van der Waals surface area contributed by atoms with Crippen LogP contribution in [0, 0.1) is 6.92 Å². The van der Waals surface area contributed by atoms with Crippen molar-refractivity contribution < 1.29 is 17.9 Å². The molecule has 29 heavy (non-hydrogen) atoms. The van der Waals surface area contributed by atoms with E-state index in [0.29, 0.717) is 12.2 Å². The summed E-state index contributed by atoms with van der Waals surface area (Å²) in [5, 5.41) is 7.58. The highest BCUT2D eigenvalue weighted by Gasteiger charge is 2.32. The number of benzene rings is 1. The van der Waals surface area contributed by atoms with Crippen LogP contribution in [0.2, 0.25) is 0 Å². The molecule has 7 nitrogen and oxygen atoms in total. The fraction of sp³-hybridized carbons (Fsp3) is 0.524. The van der Waals surface area contributed by atoms with Crippen molar-refractivity contribution in [3.63, 3.8) is 0 Å². The lowest BCUT2D eigenvalue weighted by Gasteiger charge is -2.15. The Bertz CT molecular complexity index is 1020. The molecule has 1 N–H and O–H groups in total.